The molecule has 0 saturated carbocycles. The monoisotopic (exact) mass is 243 g/mol. The molecule has 1 atom stereocenters. The Kier molecular flexibility index (Phi) is 3.31. The molecule has 1 rings (SSSR count). The van der Waals surface area contributed by atoms with Crippen molar-refractivity contribution in [1.29, 1.82) is 0 Å². The predicted molar refractivity (Wildman–Crippen MR) is 53.2 cm³/mol. The van der Waals surface area contributed by atoms with Crippen LogP contribution in [-0.4, -0.2) is 6.09 Å². The zero-order valence-corrected chi connectivity index (χ0v) is 8.74. The summed E-state index contributed by atoms with van der Waals surface area (Å²) in [5.41, 5.74) is 5.81. The highest BCUT2D eigenvalue weighted by Crippen LogP contribution is 2.20. The van der Waals surface area contributed by atoms with Crippen LogP contribution in [0, 0.1) is 0 Å². The van der Waals surface area contributed by atoms with Gasteiger partial charge in [0.15, 0.2) is 0 Å². The van der Waals surface area contributed by atoms with Crippen LogP contribution >= 0.6 is 15.9 Å². The summed E-state index contributed by atoms with van der Waals surface area (Å²) < 4.78 is 5.76. The van der Waals surface area contributed by atoms with Crippen LogP contribution in [-0.2, 0) is 4.74 Å². The SMILES string of the molecule is CC(OC(N)=O)c1cccc(Br)c1. The molecule has 0 saturated heterocycles. The Hall–Kier alpha value is -1.03. The molecule has 0 radical (unpaired) electrons. The summed E-state index contributed by atoms with van der Waals surface area (Å²) >= 11 is 3.32. The third-order valence-electron chi connectivity index (χ3n) is 1.61. The van der Waals surface area contributed by atoms with E-state index in [1.165, 1.54) is 0 Å². The molecule has 0 heterocycles. The molecule has 1 aromatic carbocycles. The fraction of sp³-hybridized carbons (Fsp3) is 0.222. The summed E-state index contributed by atoms with van der Waals surface area (Å²) in [7, 11) is 0. The van der Waals surface area contributed by atoms with Gasteiger partial charge in [-0.15, -0.1) is 0 Å². The maximum Gasteiger partial charge on any atom is 0.405 e. The molecule has 1 aromatic rings. The number of carbonyl (C=O) groups is 1. The van der Waals surface area contributed by atoms with E-state index in [9.17, 15) is 4.79 Å². The van der Waals surface area contributed by atoms with E-state index in [1.807, 2.05) is 24.3 Å². The molecule has 3 nitrogen and oxygen atoms in total. The standard InChI is InChI=1S/C9H10BrNO2/c1-6(13-9(11)12)7-3-2-4-8(10)5-7/h2-6H,1H3,(H2,11,12). The summed E-state index contributed by atoms with van der Waals surface area (Å²) in [6.07, 6.45) is -1.07. The van der Waals surface area contributed by atoms with Crippen molar-refractivity contribution in [2.24, 2.45) is 5.73 Å². The Balaban J connectivity index is 2.76. The summed E-state index contributed by atoms with van der Waals surface area (Å²) in [4.78, 5) is 10.5. The first-order valence-electron chi connectivity index (χ1n) is 3.81. The second-order valence-corrected chi connectivity index (χ2v) is 3.55. The van der Waals surface area contributed by atoms with E-state index in [1.54, 1.807) is 6.92 Å². The van der Waals surface area contributed by atoms with Gasteiger partial charge < -0.3 is 10.5 Å². The minimum Gasteiger partial charge on any atom is -0.442 e. The Bertz CT molecular complexity index is 314. The van der Waals surface area contributed by atoms with Gasteiger partial charge in [0.05, 0.1) is 0 Å². The highest BCUT2D eigenvalue weighted by Gasteiger charge is 2.08. The van der Waals surface area contributed by atoms with Crippen molar-refractivity contribution in [2.45, 2.75) is 13.0 Å². The van der Waals surface area contributed by atoms with Crippen molar-refractivity contribution < 1.29 is 9.53 Å². The van der Waals surface area contributed by atoms with Crippen LogP contribution < -0.4 is 5.73 Å². The van der Waals surface area contributed by atoms with E-state index in [2.05, 4.69) is 15.9 Å². The first-order chi connectivity index (χ1) is 6.09. The zero-order chi connectivity index (χ0) is 9.84. The second kappa shape index (κ2) is 4.28. The summed E-state index contributed by atoms with van der Waals surface area (Å²) in [5, 5.41) is 0. The number of amides is 1. The minimum absolute atomic E-state index is 0.310. The Morgan fingerprint density at radius 3 is 2.85 bits per heavy atom. The lowest BCUT2D eigenvalue weighted by molar-refractivity contribution is 0.116. The number of primary amides is 1. The van der Waals surface area contributed by atoms with Crippen LogP contribution in [0.3, 0.4) is 0 Å². The van der Waals surface area contributed by atoms with Gasteiger partial charge >= 0.3 is 6.09 Å². The maximum atomic E-state index is 10.5. The van der Waals surface area contributed by atoms with E-state index in [-0.39, 0.29) is 6.10 Å². The van der Waals surface area contributed by atoms with E-state index < -0.39 is 6.09 Å². The maximum absolute atomic E-state index is 10.5. The lowest BCUT2D eigenvalue weighted by Crippen LogP contribution is -2.15. The van der Waals surface area contributed by atoms with Gasteiger partial charge in [-0.25, -0.2) is 4.79 Å². The van der Waals surface area contributed by atoms with Gasteiger partial charge in [-0.3, -0.25) is 0 Å². The fourth-order valence-corrected chi connectivity index (χ4v) is 1.42. The third-order valence-corrected chi connectivity index (χ3v) is 2.10. The molecule has 13 heavy (non-hydrogen) atoms. The molecule has 0 bridgehead atoms. The van der Waals surface area contributed by atoms with Crippen LogP contribution in [0.4, 0.5) is 4.79 Å². The molecule has 0 fully saturated rings. The molecule has 2 N–H and O–H groups in total. The third kappa shape index (κ3) is 3.06. The number of carbonyl (C=O) groups excluding carboxylic acids is 1. The molecule has 0 aromatic heterocycles. The van der Waals surface area contributed by atoms with Gasteiger partial charge in [-0.1, -0.05) is 28.1 Å². The molecule has 0 spiro atoms. The first-order valence-corrected chi connectivity index (χ1v) is 4.60. The average Bonchev–Trinajstić information content (AvgIpc) is 2.03. The zero-order valence-electron chi connectivity index (χ0n) is 7.16. The summed E-state index contributed by atoms with van der Waals surface area (Å²) in [6, 6.07) is 7.53. The van der Waals surface area contributed by atoms with Gasteiger partial charge in [0.25, 0.3) is 0 Å². The molecule has 4 heteroatoms. The van der Waals surface area contributed by atoms with Crippen LogP contribution in [0.25, 0.3) is 0 Å². The summed E-state index contributed by atoms with van der Waals surface area (Å²) in [6.45, 7) is 1.77. The van der Waals surface area contributed by atoms with Gasteiger partial charge in [0, 0.05) is 4.47 Å². The van der Waals surface area contributed by atoms with Crippen molar-refractivity contribution in [3.63, 3.8) is 0 Å². The van der Waals surface area contributed by atoms with Crippen molar-refractivity contribution in [3.05, 3.63) is 34.3 Å². The normalized spacial score (nSPS) is 12.2. The van der Waals surface area contributed by atoms with Gasteiger partial charge in [-0.2, -0.15) is 0 Å². The fourth-order valence-electron chi connectivity index (χ4n) is 1.00. The molecule has 70 valence electrons. The average molecular weight is 244 g/mol. The number of ether oxygens (including phenoxy) is 1. The largest absolute Gasteiger partial charge is 0.442 e. The van der Waals surface area contributed by atoms with Gasteiger partial charge in [-0.05, 0) is 24.6 Å². The Morgan fingerprint density at radius 1 is 1.62 bits per heavy atom. The molecule has 0 aliphatic rings. The highest BCUT2D eigenvalue weighted by atomic mass is 79.9. The number of benzene rings is 1. The molecular weight excluding hydrogens is 234 g/mol. The topological polar surface area (TPSA) is 52.3 Å². The molecule has 1 unspecified atom stereocenters. The number of nitrogens with two attached hydrogens (primary N) is 1. The van der Waals surface area contributed by atoms with Gasteiger partial charge in [0.1, 0.15) is 6.10 Å². The number of hydrogen-bond acceptors (Lipinski definition) is 2. The Labute approximate surface area is 85.0 Å². The van der Waals surface area contributed by atoms with Crippen LogP contribution in [0.1, 0.15) is 18.6 Å². The lowest BCUT2D eigenvalue weighted by Gasteiger charge is -2.11. The molecule has 0 aliphatic heterocycles. The number of halogens is 1. The van der Waals surface area contributed by atoms with Crippen molar-refractivity contribution in [1.82, 2.24) is 0 Å². The van der Waals surface area contributed by atoms with Gasteiger partial charge in [0.2, 0.25) is 0 Å². The van der Waals surface area contributed by atoms with Crippen molar-refractivity contribution in [3.8, 4) is 0 Å². The molecule has 1 amide bonds. The highest BCUT2D eigenvalue weighted by molar-refractivity contribution is 9.10. The van der Waals surface area contributed by atoms with Crippen LogP contribution in [0.2, 0.25) is 0 Å². The Morgan fingerprint density at radius 2 is 2.31 bits per heavy atom. The lowest BCUT2D eigenvalue weighted by atomic mass is 10.1. The van der Waals surface area contributed by atoms with Crippen molar-refractivity contribution in [2.75, 3.05) is 0 Å². The first kappa shape index (κ1) is 10.1. The number of hydrogen-bond donors (Lipinski definition) is 1. The van der Waals surface area contributed by atoms with E-state index in [0.717, 1.165) is 10.0 Å². The minimum atomic E-state index is -0.757. The smallest absolute Gasteiger partial charge is 0.405 e. The molecular formula is C9H10BrNO2. The van der Waals surface area contributed by atoms with Crippen LogP contribution in [0.15, 0.2) is 28.7 Å². The van der Waals surface area contributed by atoms with Crippen LogP contribution in [0.5, 0.6) is 0 Å². The predicted octanol–water partition coefficient (Wildman–Crippen LogP) is 2.61. The quantitative estimate of drug-likeness (QED) is 0.869. The molecule has 0 aliphatic carbocycles. The van der Waals surface area contributed by atoms with Crippen molar-refractivity contribution >= 4 is 22.0 Å². The van der Waals surface area contributed by atoms with E-state index >= 15 is 0 Å². The summed E-state index contributed by atoms with van der Waals surface area (Å²) in [5.74, 6) is 0. The number of rotatable bonds is 2. The van der Waals surface area contributed by atoms with E-state index in [4.69, 9.17) is 10.5 Å². The van der Waals surface area contributed by atoms with E-state index in [0.29, 0.717) is 0 Å². The second-order valence-electron chi connectivity index (χ2n) is 2.63.